The van der Waals surface area contributed by atoms with Crippen LogP contribution in [0.25, 0.3) is 0 Å². The van der Waals surface area contributed by atoms with E-state index in [0.29, 0.717) is 30.9 Å². The van der Waals surface area contributed by atoms with Gasteiger partial charge in [-0.3, -0.25) is 19.1 Å². The molecule has 0 bridgehead atoms. The van der Waals surface area contributed by atoms with Crippen molar-refractivity contribution in [3.63, 3.8) is 0 Å². The van der Waals surface area contributed by atoms with Crippen LogP contribution >= 0.6 is 0 Å². The largest absolute Gasteiger partial charge is 0.339 e. The highest BCUT2D eigenvalue weighted by Gasteiger charge is 2.32. The minimum Gasteiger partial charge on any atom is -0.339 e. The lowest BCUT2D eigenvalue weighted by molar-refractivity contribution is -0.134. The monoisotopic (exact) mass is 551 g/mol. The Balaban J connectivity index is 1.40. The molecule has 2 fully saturated rings. The lowest BCUT2D eigenvalue weighted by Crippen LogP contribution is -2.52. The normalized spacial score (nSPS) is 18.7. The van der Waals surface area contributed by atoms with Crippen LogP contribution in [-0.2, 0) is 16.0 Å². The Morgan fingerprint density at radius 2 is 1.62 bits per heavy atom. The van der Waals surface area contributed by atoms with E-state index in [4.69, 9.17) is 5.73 Å². The molecule has 1 saturated heterocycles. The van der Waals surface area contributed by atoms with Gasteiger partial charge < -0.3 is 26.2 Å². The molecular weight excluding hydrogens is 506 g/mol. The Hall–Kier alpha value is -3.24. The fourth-order valence-electron chi connectivity index (χ4n) is 5.71. The molecule has 3 amide bonds. The van der Waals surface area contributed by atoms with E-state index in [9.17, 15) is 14.4 Å². The summed E-state index contributed by atoms with van der Waals surface area (Å²) in [6.07, 6.45) is 8.26. The molecule has 40 heavy (non-hydrogen) atoms. The van der Waals surface area contributed by atoms with Gasteiger partial charge in [-0.25, -0.2) is 0 Å². The van der Waals surface area contributed by atoms with Gasteiger partial charge in [0.2, 0.25) is 11.8 Å². The third-order valence-electron chi connectivity index (χ3n) is 8.14. The maximum atomic E-state index is 13.6. The number of anilines is 1. The van der Waals surface area contributed by atoms with Crippen LogP contribution in [0.15, 0.2) is 36.5 Å². The number of nitrogens with zero attached hydrogens (tertiary/aromatic N) is 4. The second-order valence-corrected chi connectivity index (χ2v) is 11.6. The van der Waals surface area contributed by atoms with E-state index in [1.165, 1.54) is 0 Å². The number of hydrogen-bond donors (Lipinski definition) is 3. The highest BCUT2D eigenvalue weighted by molar-refractivity contribution is 6.00. The van der Waals surface area contributed by atoms with E-state index in [-0.39, 0.29) is 29.7 Å². The maximum absolute atomic E-state index is 13.6. The number of piperazine rings is 1. The summed E-state index contributed by atoms with van der Waals surface area (Å²) in [4.78, 5) is 43.7. The van der Waals surface area contributed by atoms with Crippen molar-refractivity contribution < 1.29 is 14.4 Å². The Bertz CT molecular complexity index is 1130. The predicted octanol–water partition coefficient (Wildman–Crippen LogP) is 2.82. The lowest BCUT2D eigenvalue weighted by atomic mass is 9.91. The van der Waals surface area contributed by atoms with Crippen molar-refractivity contribution in [3.05, 3.63) is 47.8 Å². The van der Waals surface area contributed by atoms with Crippen molar-refractivity contribution in [3.8, 4) is 0 Å². The molecule has 2 heterocycles. The third kappa shape index (κ3) is 7.69. The topological polar surface area (TPSA) is 126 Å². The number of carbonyl (C=O) groups is 3. The van der Waals surface area contributed by atoms with Gasteiger partial charge in [-0.1, -0.05) is 37.8 Å². The molecule has 2 atom stereocenters. The van der Waals surface area contributed by atoms with Crippen molar-refractivity contribution in [2.75, 3.05) is 38.5 Å². The number of nitrogens with one attached hydrogen (secondary N) is 2. The van der Waals surface area contributed by atoms with Crippen LogP contribution in [-0.4, -0.2) is 82.6 Å². The van der Waals surface area contributed by atoms with Crippen LogP contribution in [0.2, 0.25) is 0 Å². The van der Waals surface area contributed by atoms with E-state index < -0.39 is 12.1 Å². The molecule has 4 rings (SSSR count). The SMILES string of the molecule is CC(C)n1nccc1C(=O)N[C@H](C(=O)Nc1ccc(CC(N)C(=O)N2CCN(C)CC2)cc1)C1CCCCCC1. The van der Waals surface area contributed by atoms with Crippen LogP contribution in [0.3, 0.4) is 0 Å². The third-order valence-corrected chi connectivity index (χ3v) is 8.14. The van der Waals surface area contributed by atoms with E-state index in [1.807, 2.05) is 43.0 Å². The first-order valence-electron chi connectivity index (χ1n) is 14.7. The summed E-state index contributed by atoms with van der Waals surface area (Å²) in [5.41, 5.74) is 8.30. The highest BCUT2D eigenvalue weighted by Crippen LogP contribution is 2.27. The fraction of sp³-hybridized carbons (Fsp3) is 0.600. The zero-order valence-corrected chi connectivity index (χ0v) is 24.1. The second-order valence-electron chi connectivity index (χ2n) is 11.6. The number of likely N-dealkylation sites (N-methyl/N-ethyl adjacent to an activating group) is 1. The molecule has 2 aliphatic rings. The number of aromatic nitrogens is 2. The zero-order chi connectivity index (χ0) is 28.6. The Labute approximate surface area is 237 Å². The lowest BCUT2D eigenvalue weighted by Gasteiger charge is -2.33. The van der Waals surface area contributed by atoms with Crippen molar-refractivity contribution in [2.45, 2.75) is 76.9 Å². The number of benzene rings is 1. The summed E-state index contributed by atoms with van der Waals surface area (Å²) >= 11 is 0. The first-order valence-corrected chi connectivity index (χ1v) is 14.7. The molecule has 0 radical (unpaired) electrons. The van der Waals surface area contributed by atoms with Gasteiger partial charge in [0.05, 0.1) is 6.04 Å². The average Bonchev–Trinajstić information content (AvgIpc) is 3.29. The molecule has 1 unspecified atom stereocenters. The van der Waals surface area contributed by atoms with Crippen LogP contribution in [0.1, 0.15) is 74.5 Å². The quantitative estimate of drug-likeness (QED) is 0.412. The molecule has 1 aromatic heterocycles. The predicted molar refractivity (Wildman–Crippen MR) is 156 cm³/mol. The molecular formula is C30H45N7O3. The summed E-state index contributed by atoms with van der Waals surface area (Å²) in [7, 11) is 2.05. The summed E-state index contributed by atoms with van der Waals surface area (Å²) in [6.45, 7) is 7.06. The first-order chi connectivity index (χ1) is 19.2. The molecule has 0 spiro atoms. The average molecular weight is 552 g/mol. The van der Waals surface area contributed by atoms with Crippen molar-refractivity contribution in [2.24, 2.45) is 11.7 Å². The molecule has 1 saturated carbocycles. The maximum Gasteiger partial charge on any atom is 0.270 e. The molecule has 1 aliphatic heterocycles. The summed E-state index contributed by atoms with van der Waals surface area (Å²) in [6, 6.07) is 7.94. The van der Waals surface area contributed by atoms with Crippen LogP contribution in [0.5, 0.6) is 0 Å². The first kappa shape index (κ1) is 29.7. The Kier molecular flexibility index (Phi) is 10.3. The van der Waals surface area contributed by atoms with E-state index in [0.717, 1.165) is 57.2 Å². The van der Waals surface area contributed by atoms with Crippen molar-refractivity contribution >= 4 is 23.4 Å². The molecule has 10 heteroatoms. The molecule has 2 aromatic rings. The number of hydrogen-bond acceptors (Lipinski definition) is 6. The Morgan fingerprint density at radius 3 is 2.25 bits per heavy atom. The van der Waals surface area contributed by atoms with Crippen LogP contribution < -0.4 is 16.4 Å². The number of amides is 3. The zero-order valence-electron chi connectivity index (χ0n) is 24.1. The molecule has 1 aromatic carbocycles. The number of nitrogens with two attached hydrogens (primary N) is 1. The number of carbonyl (C=O) groups excluding carboxylic acids is 3. The minimum absolute atomic E-state index is 0.0220. The van der Waals surface area contributed by atoms with Gasteiger partial charge in [0, 0.05) is 44.1 Å². The van der Waals surface area contributed by atoms with Crippen molar-refractivity contribution in [1.82, 2.24) is 24.9 Å². The fourth-order valence-corrected chi connectivity index (χ4v) is 5.71. The summed E-state index contributed by atoms with van der Waals surface area (Å²) < 4.78 is 1.68. The van der Waals surface area contributed by atoms with Gasteiger partial charge in [0.25, 0.3) is 5.91 Å². The standard InChI is InChI=1S/C30H45N7O3/c1-21(2)37-26(14-15-32-37)28(38)34-27(23-8-6-4-5-7-9-23)29(39)33-24-12-10-22(11-13-24)20-25(31)30(40)36-18-16-35(3)17-19-36/h10-15,21,23,25,27H,4-9,16-20,31H2,1-3H3,(H,33,39)(H,34,38)/t25?,27-/m0/s1. The molecule has 10 nitrogen and oxygen atoms in total. The summed E-state index contributed by atoms with van der Waals surface area (Å²) in [5, 5.41) is 10.3. The smallest absolute Gasteiger partial charge is 0.270 e. The van der Waals surface area contributed by atoms with Gasteiger partial charge in [0.15, 0.2) is 0 Å². The molecule has 1 aliphatic carbocycles. The van der Waals surface area contributed by atoms with Gasteiger partial charge in [-0.05, 0) is 69.8 Å². The summed E-state index contributed by atoms with van der Waals surface area (Å²) in [5.74, 6) is -0.457. The van der Waals surface area contributed by atoms with Gasteiger partial charge in [0.1, 0.15) is 11.7 Å². The Morgan fingerprint density at radius 1 is 0.975 bits per heavy atom. The second kappa shape index (κ2) is 13.9. The minimum atomic E-state index is -0.643. The van der Waals surface area contributed by atoms with Gasteiger partial charge in [-0.15, -0.1) is 0 Å². The van der Waals surface area contributed by atoms with Crippen LogP contribution in [0.4, 0.5) is 5.69 Å². The van der Waals surface area contributed by atoms with E-state index in [1.54, 1.807) is 16.9 Å². The van der Waals surface area contributed by atoms with E-state index >= 15 is 0 Å². The van der Waals surface area contributed by atoms with E-state index in [2.05, 4.69) is 27.7 Å². The van der Waals surface area contributed by atoms with Gasteiger partial charge >= 0.3 is 0 Å². The molecule has 4 N–H and O–H groups in total. The molecule has 218 valence electrons. The highest BCUT2D eigenvalue weighted by atomic mass is 16.2. The van der Waals surface area contributed by atoms with Crippen LogP contribution in [0, 0.1) is 5.92 Å². The number of rotatable bonds is 9. The van der Waals surface area contributed by atoms with Gasteiger partial charge in [-0.2, -0.15) is 5.10 Å². The van der Waals surface area contributed by atoms with Crippen molar-refractivity contribution in [1.29, 1.82) is 0 Å².